The van der Waals surface area contributed by atoms with Gasteiger partial charge < -0.3 is 25.0 Å². The zero-order valence-electron chi connectivity index (χ0n) is 18.4. The van der Waals surface area contributed by atoms with Crippen LogP contribution in [0.2, 0.25) is 0 Å². The molecule has 4 N–H and O–H groups in total. The summed E-state index contributed by atoms with van der Waals surface area (Å²) in [6, 6.07) is 14.0. The number of aliphatic hydroxyl groups is 1. The Hall–Kier alpha value is -3.39. The normalized spacial score (nSPS) is 18.2. The molecule has 1 aliphatic heterocycles. The molecule has 0 amide bonds. The molecule has 0 bridgehead atoms. The number of guanidine groups is 1. The van der Waals surface area contributed by atoms with Gasteiger partial charge in [0.15, 0.2) is 5.96 Å². The number of aryl methyl sites for hydroxylation is 3. The number of β-amino-alcohol motifs (C(OH)–C–C–N with tert-alkyl or cyclic N) is 1. The molecule has 168 valence electrons. The number of aromatic nitrogens is 2. The van der Waals surface area contributed by atoms with Crippen LogP contribution in [0, 0.1) is 19.3 Å². The summed E-state index contributed by atoms with van der Waals surface area (Å²) < 4.78 is 11.4. The molecule has 1 fully saturated rings. The third-order valence-corrected chi connectivity index (χ3v) is 5.74. The Balaban J connectivity index is 1.37. The maximum Gasteiger partial charge on any atom is 0.249 e. The van der Waals surface area contributed by atoms with Gasteiger partial charge in [-0.15, -0.1) is 0 Å². The maximum absolute atomic E-state index is 9.94. The van der Waals surface area contributed by atoms with Crippen molar-refractivity contribution in [2.75, 3.05) is 13.2 Å². The van der Waals surface area contributed by atoms with Crippen molar-refractivity contribution in [2.45, 2.75) is 45.3 Å². The van der Waals surface area contributed by atoms with Crippen LogP contribution in [-0.2, 0) is 6.42 Å². The van der Waals surface area contributed by atoms with Crippen molar-refractivity contribution in [3.8, 4) is 17.1 Å². The van der Waals surface area contributed by atoms with Gasteiger partial charge in [-0.25, -0.2) is 0 Å². The lowest BCUT2D eigenvalue weighted by Gasteiger charge is -2.20. The van der Waals surface area contributed by atoms with E-state index in [0.717, 1.165) is 29.7 Å². The first-order valence-electron chi connectivity index (χ1n) is 10.8. The number of aliphatic hydroxyl groups excluding tert-OH is 1. The Labute approximate surface area is 187 Å². The van der Waals surface area contributed by atoms with Crippen LogP contribution in [0.15, 0.2) is 47.0 Å². The summed E-state index contributed by atoms with van der Waals surface area (Å²) in [4.78, 5) is 6.06. The average Bonchev–Trinajstić information content (AvgIpc) is 3.40. The van der Waals surface area contributed by atoms with Crippen LogP contribution >= 0.6 is 0 Å². The Morgan fingerprint density at radius 3 is 2.75 bits per heavy atom. The average molecular weight is 436 g/mol. The van der Waals surface area contributed by atoms with Gasteiger partial charge in [0.1, 0.15) is 11.8 Å². The number of likely N-dealkylation sites (tertiary alicyclic amines) is 1. The lowest BCUT2D eigenvalue weighted by atomic mass is 10.1. The Morgan fingerprint density at radius 1 is 1.25 bits per heavy atom. The second-order valence-electron chi connectivity index (χ2n) is 8.32. The zero-order valence-corrected chi connectivity index (χ0v) is 18.4. The minimum absolute atomic E-state index is 0.119. The van der Waals surface area contributed by atoms with E-state index in [-0.39, 0.29) is 18.5 Å². The van der Waals surface area contributed by atoms with Crippen LogP contribution in [0.4, 0.5) is 0 Å². The third kappa shape index (κ3) is 4.91. The summed E-state index contributed by atoms with van der Waals surface area (Å²) in [6.07, 6.45) is 1.74. The molecule has 0 aliphatic carbocycles. The summed E-state index contributed by atoms with van der Waals surface area (Å²) in [6.45, 7) is 5.01. The van der Waals surface area contributed by atoms with Crippen molar-refractivity contribution in [3.63, 3.8) is 0 Å². The van der Waals surface area contributed by atoms with Gasteiger partial charge in [-0.2, -0.15) is 4.98 Å². The smallest absolute Gasteiger partial charge is 0.249 e. The molecular formula is C24H29N5O3. The van der Waals surface area contributed by atoms with Crippen LogP contribution in [0.1, 0.15) is 41.5 Å². The fraction of sp³-hybridized carbons (Fsp3) is 0.375. The van der Waals surface area contributed by atoms with E-state index in [1.165, 1.54) is 11.1 Å². The van der Waals surface area contributed by atoms with Gasteiger partial charge in [-0.1, -0.05) is 35.0 Å². The highest BCUT2D eigenvalue weighted by molar-refractivity contribution is 5.75. The van der Waals surface area contributed by atoms with Crippen molar-refractivity contribution >= 4 is 5.96 Å². The van der Waals surface area contributed by atoms with Gasteiger partial charge in [0.2, 0.25) is 11.7 Å². The van der Waals surface area contributed by atoms with Crippen molar-refractivity contribution < 1.29 is 14.4 Å². The molecule has 0 saturated carbocycles. The van der Waals surface area contributed by atoms with E-state index in [0.29, 0.717) is 24.7 Å². The van der Waals surface area contributed by atoms with Gasteiger partial charge in [-0.05, 0) is 56.0 Å². The molecule has 2 aromatic carbocycles. The van der Waals surface area contributed by atoms with Crippen LogP contribution in [-0.4, -0.2) is 45.4 Å². The molecule has 0 spiro atoms. The SMILES string of the molecule is Cc1ccc(CCCOc2ccc(-c3noc([C@@H]4C[C@@H](O)CN4C(=N)N)n3)cc2C)cc1. The first-order valence-corrected chi connectivity index (χ1v) is 10.8. The molecule has 8 heteroatoms. The first kappa shape index (κ1) is 21.8. The topological polar surface area (TPSA) is 121 Å². The van der Waals surface area contributed by atoms with Crippen LogP contribution in [0.5, 0.6) is 5.75 Å². The largest absolute Gasteiger partial charge is 0.493 e. The summed E-state index contributed by atoms with van der Waals surface area (Å²) in [5.74, 6) is 1.52. The van der Waals surface area contributed by atoms with E-state index in [2.05, 4.69) is 41.3 Å². The molecule has 3 aromatic rings. The first-order chi connectivity index (χ1) is 15.4. The Bertz CT molecular complexity index is 1080. The minimum atomic E-state index is -0.580. The van der Waals surface area contributed by atoms with Gasteiger partial charge in [-0.3, -0.25) is 5.41 Å². The van der Waals surface area contributed by atoms with E-state index in [1.54, 1.807) is 4.90 Å². The summed E-state index contributed by atoms with van der Waals surface area (Å²) >= 11 is 0. The second-order valence-corrected chi connectivity index (χ2v) is 8.32. The maximum atomic E-state index is 9.94. The molecule has 0 unspecified atom stereocenters. The Morgan fingerprint density at radius 2 is 2.03 bits per heavy atom. The van der Waals surface area contributed by atoms with Crippen LogP contribution in [0.25, 0.3) is 11.4 Å². The van der Waals surface area contributed by atoms with Crippen LogP contribution < -0.4 is 10.5 Å². The lowest BCUT2D eigenvalue weighted by Crippen LogP contribution is -2.36. The number of nitrogens with one attached hydrogen (secondary N) is 1. The molecule has 1 aromatic heterocycles. The van der Waals surface area contributed by atoms with E-state index >= 15 is 0 Å². The summed E-state index contributed by atoms with van der Waals surface area (Å²) in [7, 11) is 0. The zero-order chi connectivity index (χ0) is 22.7. The Kier molecular flexibility index (Phi) is 6.41. The molecular weight excluding hydrogens is 406 g/mol. The predicted octanol–water partition coefficient (Wildman–Crippen LogP) is 3.37. The highest BCUT2D eigenvalue weighted by Crippen LogP contribution is 2.32. The molecule has 32 heavy (non-hydrogen) atoms. The quantitative estimate of drug-likeness (QED) is 0.295. The van der Waals surface area contributed by atoms with Gasteiger partial charge in [0.25, 0.3) is 0 Å². The lowest BCUT2D eigenvalue weighted by molar-refractivity contribution is 0.187. The molecule has 4 rings (SSSR count). The molecule has 1 saturated heterocycles. The highest BCUT2D eigenvalue weighted by Gasteiger charge is 2.36. The van der Waals surface area contributed by atoms with Crippen molar-refractivity contribution in [1.29, 1.82) is 5.41 Å². The molecule has 1 aliphatic rings. The van der Waals surface area contributed by atoms with Crippen molar-refractivity contribution in [1.82, 2.24) is 15.0 Å². The van der Waals surface area contributed by atoms with E-state index in [9.17, 15) is 5.11 Å². The van der Waals surface area contributed by atoms with E-state index in [4.69, 9.17) is 20.4 Å². The number of benzene rings is 2. The molecule has 8 nitrogen and oxygen atoms in total. The number of rotatable bonds is 7. The monoisotopic (exact) mass is 435 g/mol. The molecule has 2 heterocycles. The minimum Gasteiger partial charge on any atom is -0.493 e. The number of hydrogen-bond donors (Lipinski definition) is 3. The van der Waals surface area contributed by atoms with Crippen molar-refractivity contribution in [2.24, 2.45) is 5.73 Å². The summed E-state index contributed by atoms with van der Waals surface area (Å²) in [5, 5.41) is 21.7. The second kappa shape index (κ2) is 9.40. The highest BCUT2D eigenvalue weighted by atomic mass is 16.5. The predicted molar refractivity (Wildman–Crippen MR) is 121 cm³/mol. The summed E-state index contributed by atoms with van der Waals surface area (Å²) in [5.41, 5.74) is 10.0. The molecule has 0 radical (unpaired) electrons. The third-order valence-electron chi connectivity index (χ3n) is 5.74. The number of hydrogen-bond acceptors (Lipinski definition) is 6. The number of nitrogens with zero attached hydrogens (tertiary/aromatic N) is 3. The standard InChI is InChI=1S/C24H29N5O3/c1-15-5-7-17(8-6-15)4-3-11-31-21-10-9-18(12-16(21)2)22-27-23(32-28-22)20-13-19(30)14-29(20)24(25)26/h5-10,12,19-20,30H,3-4,11,13-14H2,1-2H3,(H3,25,26)/t19-,20+/m1/s1. The van der Waals surface area contributed by atoms with E-state index < -0.39 is 6.10 Å². The molecule has 2 atom stereocenters. The van der Waals surface area contributed by atoms with Crippen molar-refractivity contribution in [3.05, 3.63) is 65.0 Å². The van der Waals surface area contributed by atoms with Gasteiger partial charge in [0.05, 0.1) is 12.7 Å². The fourth-order valence-corrected chi connectivity index (χ4v) is 3.97. The van der Waals surface area contributed by atoms with E-state index in [1.807, 2.05) is 25.1 Å². The van der Waals surface area contributed by atoms with Gasteiger partial charge in [0, 0.05) is 18.5 Å². The van der Waals surface area contributed by atoms with Crippen LogP contribution in [0.3, 0.4) is 0 Å². The number of ether oxygens (including phenoxy) is 1. The fourth-order valence-electron chi connectivity index (χ4n) is 3.97. The number of nitrogens with two attached hydrogens (primary N) is 1. The van der Waals surface area contributed by atoms with Gasteiger partial charge >= 0.3 is 0 Å².